The summed E-state index contributed by atoms with van der Waals surface area (Å²) in [4.78, 5) is 18.7. The van der Waals surface area contributed by atoms with E-state index in [1.54, 1.807) is 0 Å². The number of likely N-dealkylation sites (N-methyl/N-ethyl adjacent to an activating group) is 1. The molecule has 2 heterocycles. The van der Waals surface area contributed by atoms with Crippen LogP contribution >= 0.6 is 0 Å². The Hall–Kier alpha value is -1.81. The van der Waals surface area contributed by atoms with E-state index in [-0.39, 0.29) is 0 Å². The second kappa shape index (κ2) is 5.29. The van der Waals surface area contributed by atoms with Crippen LogP contribution in [-0.2, 0) is 6.42 Å². The number of hydrogen-bond acceptors (Lipinski definition) is 3. The van der Waals surface area contributed by atoms with Crippen LogP contribution in [0.2, 0.25) is 0 Å². The molecule has 1 aliphatic heterocycles. The van der Waals surface area contributed by atoms with Crippen LogP contribution in [0, 0.1) is 0 Å². The predicted molar refractivity (Wildman–Crippen MR) is 82.8 cm³/mol. The Morgan fingerprint density at radius 2 is 2.20 bits per heavy atom. The van der Waals surface area contributed by atoms with E-state index in [1.165, 1.54) is 17.7 Å². The first-order valence-corrected chi connectivity index (χ1v) is 7.18. The summed E-state index contributed by atoms with van der Waals surface area (Å²) in [6.07, 6.45) is 3.21. The molecule has 1 aliphatic rings. The molecule has 1 N–H and O–H groups in total. The van der Waals surface area contributed by atoms with Gasteiger partial charge in [-0.25, -0.2) is 0 Å². The van der Waals surface area contributed by atoms with Gasteiger partial charge < -0.3 is 14.8 Å². The minimum atomic E-state index is 0.655. The number of anilines is 1. The van der Waals surface area contributed by atoms with Crippen molar-refractivity contribution in [2.75, 3.05) is 38.6 Å². The van der Waals surface area contributed by atoms with E-state index in [2.05, 4.69) is 41.0 Å². The molecule has 0 amide bonds. The summed E-state index contributed by atoms with van der Waals surface area (Å²) >= 11 is 0. The van der Waals surface area contributed by atoms with Crippen LogP contribution in [0.15, 0.2) is 18.2 Å². The summed E-state index contributed by atoms with van der Waals surface area (Å²) in [5.74, 6) is 0. The average molecular weight is 271 g/mol. The number of nitrogens with zero attached hydrogens (tertiary/aromatic N) is 2. The fourth-order valence-corrected chi connectivity index (χ4v) is 2.93. The van der Waals surface area contributed by atoms with Gasteiger partial charge >= 0.3 is 0 Å². The van der Waals surface area contributed by atoms with Crippen LogP contribution in [0.5, 0.6) is 0 Å². The number of aryl methyl sites for hydroxylation is 1. The smallest absolute Gasteiger partial charge is 0.166 e. The highest BCUT2D eigenvalue weighted by Gasteiger charge is 2.18. The SMILES string of the molecule is CN(C)CCN1CCCc2cc3cc(C=O)[nH]c3cc21. The summed E-state index contributed by atoms with van der Waals surface area (Å²) in [5.41, 5.74) is 4.44. The normalized spacial score (nSPS) is 14.8. The van der Waals surface area contributed by atoms with Crippen LogP contribution in [0.3, 0.4) is 0 Å². The maximum absolute atomic E-state index is 10.9. The first kappa shape index (κ1) is 13.2. The van der Waals surface area contributed by atoms with Crippen molar-refractivity contribution in [2.45, 2.75) is 12.8 Å². The van der Waals surface area contributed by atoms with Crippen LogP contribution < -0.4 is 4.90 Å². The lowest BCUT2D eigenvalue weighted by Crippen LogP contribution is -2.35. The third kappa shape index (κ3) is 2.43. The molecule has 0 saturated carbocycles. The molecule has 0 fully saturated rings. The number of rotatable bonds is 4. The van der Waals surface area contributed by atoms with Crippen molar-refractivity contribution in [2.24, 2.45) is 0 Å². The molecule has 0 bridgehead atoms. The van der Waals surface area contributed by atoms with E-state index in [0.29, 0.717) is 5.69 Å². The number of aromatic amines is 1. The molecule has 1 aromatic carbocycles. The largest absolute Gasteiger partial charge is 0.370 e. The number of aromatic nitrogens is 1. The number of H-pyrrole nitrogens is 1. The first-order chi connectivity index (χ1) is 9.67. The summed E-state index contributed by atoms with van der Waals surface area (Å²) < 4.78 is 0. The highest BCUT2D eigenvalue weighted by atomic mass is 16.1. The van der Waals surface area contributed by atoms with E-state index < -0.39 is 0 Å². The highest BCUT2D eigenvalue weighted by molar-refractivity contribution is 5.91. The fourth-order valence-electron chi connectivity index (χ4n) is 2.93. The molecule has 0 spiro atoms. The summed E-state index contributed by atoms with van der Waals surface area (Å²) in [5, 5.41) is 1.14. The zero-order chi connectivity index (χ0) is 14.1. The number of benzene rings is 1. The summed E-state index contributed by atoms with van der Waals surface area (Å²) in [6.45, 7) is 3.22. The third-order valence-electron chi connectivity index (χ3n) is 4.00. The maximum Gasteiger partial charge on any atom is 0.166 e. The van der Waals surface area contributed by atoms with Crippen molar-refractivity contribution in [1.82, 2.24) is 9.88 Å². The van der Waals surface area contributed by atoms with Gasteiger partial charge in [0.05, 0.1) is 5.69 Å². The second-order valence-electron chi connectivity index (χ2n) is 5.80. The van der Waals surface area contributed by atoms with E-state index in [0.717, 1.165) is 43.2 Å². The van der Waals surface area contributed by atoms with Gasteiger partial charge in [-0.1, -0.05) is 0 Å². The molecule has 4 heteroatoms. The van der Waals surface area contributed by atoms with Gasteiger partial charge in [0.1, 0.15) is 0 Å². The topological polar surface area (TPSA) is 39.3 Å². The third-order valence-corrected chi connectivity index (χ3v) is 4.00. The standard InChI is InChI=1S/C16H21N3O/c1-18(2)6-7-19-5-3-4-12-8-13-9-14(11-20)17-15(13)10-16(12)19/h8-11,17H,3-7H2,1-2H3. The molecular weight excluding hydrogens is 250 g/mol. The number of nitrogens with one attached hydrogen (secondary N) is 1. The lowest BCUT2D eigenvalue weighted by atomic mass is 10.00. The van der Waals surface area contributed by atoms with Crippen LogP contribution in [0.4, 0.5) is 5.69 Å². The van der Waals surface area contributed by atoms with Crippen molar-refractivity contribution in [3.05, 3.63) is 29.5 Å². The summed E-state index contributed by atoms with van der Waals surface area (Å²) in [6, 6.07) is 6.36. The van der Waals surface area contributed by atoms with Gasteiger partial charge in [0.25, 0.3) is 0 Å². The van der Waals surface area contributed by atoms with Gasteiger partial charge in [-0.3, -0.25) is 4.79 Å². The zero-order valence-corrected chi connectivity index (χ0v) is 12.1. The van der Waals surface area contributed by atoms with Crippen molar-refractivity contribution in [3.63, 3.8) is 0 Å². The van der Waals surface area contributed by atoms with Gasteiger partial charge in [0.2, 0.25) is 0 Å². The Balaban J connectivity index is 1.96. The quantitative estimate of drug-likeness (QED) is 0.867. The molecule has 20 heavy (non-hydrogen) atoms. The number of aldehydes is 1. The number of carbonyl (C=O) groups is 1. The van der Waals surface area contributed by atoms with E-state index in [9.17, 15) is 4.79 Å². The van der Waals surface area contributed by atoms with Crippen LogP contribution in [-0.4, -0.2) is 49.9 Å². The fraction of sp³-hybridized carbons (Fsp3) is 0.438. The van der Waals surface area contributed by atoms with Gasteiger partial charge in [0.15, 0.2) is 6.29 Å². The Morgan fingerprint density at radius 3 is 2.95 bits per heavy atom. The van der Waals surface area contributed by atoms with Gasteiger partial charge in [0, 0.05) is 36.2 Å². The average Bonchev–Trinajstić information content (AvgIpc) is 2.84. The molecule has 0 aliphatic carbocycles. The van der Waals surface area contributed by atoms with E-state index in [1.807, 2.05) is 6.07 Å². The molecule has 1 aromatic heterocycles. The second-order valence-corrected chi connectivity index (χ2v) is 5.80. The number of hydrogen-bond donors (Lipinski definition) is 1. The summed E-state index contributed by atoms with van der Waals surface area (Å²) in [7, 11) is 4.21. The lowest BCUT2D eigenvalue weighted by Gasteiger charge is -2.32. The van der Waals surface area contributed by atoms with Crippen molar-refractivity contribution < 1.29 is 4.79 Å². The number of fused-ring (bicyclic) bond motifs is 2. The lowest BCUT2D eigenvalue weighted by molar-refractivity contribution is 0.112. The van der Waals surface area contributed by atoms with Crippen LogP contribution in [0.25, 0.3) is 10.9 Å². The predicted octanol–water partition coefficient (Wildman–Crippen LogP) is 2.29. The molecule has 0 unspecified atom stereocenters. The Morgan fingerprint density at radius 1 is 1.35 bits per heavy atom. The Kier molecular flexibility index (Phi) is 3.49. The minimum absolute atomic E-state index is 0.655. The van der Waals surface area contributed by atoms with Gasteiger partial charge in [-0.05, 0) is 50.7 Å². The molecule has 0 radical (unpaired) electrons. The van der Waals surface area contributed by atoms with Crippen molar-refractivity contribution in [1.29, 1.82) is 0 Å². The Bertz CT molecular complexity index is 630. The maximum atomic E-state index is 10.9. The van der Waals surface area contributed by atoms with E-state index >= 15 is 0 Å². The highest BCUT2D eigenvalue weighted by Crippen LogP contribution is 2.31. The number of carbonyl (C=O) groups excluding carboxylic acids is 1. The first-order valence-electron chi connectivity index (χ1n) is 7.18. The van der Waals surface area contributed by atoms with Gasteiger partial charge in [-0.15, -0.1) is 0 Å². The monoisotopic (exact) mass is 271 g/mol. The van der Waals surface area contributed by atoms with Crippen molar-refractivity contribution in [3.8, 4) is 0 Å². The Labute approximate surface area is 119 Å². The molecule has 106 valence electrons. The molecule has 4 nitrogen and oxygen atoms in total. The molecule has 0 saturated heterocycles. The molecule has 0 atom stereocenters. The van der Waals surface area contributed by atoms with E-state index in [4.69, 9.17) is 0 Å². The van der Waals surface area contributed by atoms with Crippen LogP contribution in [0.1, 0.15) is 22.5 Å². The zero-order valence-electron chi connectivity index (χ0n) is 12.1. The van der Waals surface area contributed by atoms with Gasteiger partial charge in [-0.2, -0.15) is 0 Å². The minimum Gasteiger partial charge on any atom is -0.370 e. The molecular formula is C16H21N3O. The molecule has 3 rings (SSSR count). The molecule has 2 aromatic rings. The van der Waals surface area contributed by atoms with Crippen molar-refractivity contribution >= 4 is 22.9 Å².